The van der Waals surface area contributed by atoms with E-state index in [0.717, 1.165) is 12.8 Å². The molecular formula is C6H12N2O2. The van der Waals surface area contributed by atoms with Gasteiger partial charge in [0, 0.05) is 6.54 Å². The highest BCUT2D eigenvalue weighted by Crippen LogP contribution is 2.17. The minimum absolute atomic E-state index is 0.0394. The van der Waals surface area contributed by atoms with Gasteiger partial charge in [-0.1, -0.05) is 0 Å². The third kappa shape index (κ3) is 1.46. The van der Waals surface area contributed by atoms with Gasteiger partial charge in [-0.15, -0.1) is 0 Å². The first kappa shape index (κ1) is 7.50. The lowest BCUT2D eigenvalue weighted by molar-refractivity contribution is -0.128. The monoisotopic (exact) mass is 144 g/mol. The van der Waals surface area contributed by atoms with Crippen LogP contribution in [0.2, 0.25) is 0 Å². The Kier molecular flexibility index (Phi) is 2.24. The molecule has 1 aliphatic rings. The highest BCUT2D eigenvalue weighted by Gasteiger charge is 2.27. The molecule has 1 saturated heterocycles. The van der Waals surface area contributed by atoms with E-state index in [1.807, 2.05) is 0 Å². The summed E-state index contributed by atoms with van der Waals surface area (Å²) in [4.78, 5) is 10.5. The molecule has 2 unspecified atom stereocenters. The zero-order valence-electron chi connectivity index (χ0n) is 5.75. The minimum Gasteiger partial charge on any atom is -0.367 e. The number of rotatable bonds is 2. The molecule has 0 aromatic carbocycles. The van der Waals surface area contributed by atoms with Gasteiger partial charge in [-0.2, -0.15) is 0 Å². The predicted molar refractivity (Wildman–Crippen MR) is 36.1 cm³/mol. The summed E-state index contributed by atoms with van der Waals surface area (Å²) >= 11 is 0. The maximum atomic E-state index is 10.5. The molecule has 58 valence electrons. The van der Waals surface area contributed by atoms with Crippen LogP contribution in [0.3, 0.4) is 0 Å². The maximum absolute atomic E-state index is 10.5. The molecule has 1 rings (SSSR count). The Morgan fingerprint density at radius 1 is 1.60 bits per heavy atom. The van der Waals surface area contributed by atoms with Crippen molar-refractivity contribution < 1.29 is 9.53 Å². The van der Waals surface area contributed by atoms with E-state index in [2.05, 4.69) is 0 Å². The van der Waals surface area contributed by atoms with Gasteiger partial charge in [-0.05, 0) is 12.8 Å². The first-order chi connectivity index (χ1) is 4.74. The van der Waals surface area contributed by atoms with Crippen LogP contribution in [0.15, 0.2) is 0 Å². The first-order valence-electron chi connectivity index (χ1n) is 3.39. The Bertz CT molecular complexity index is 138. The van der Waals surface area contributed by atoms with E-state index in [1.165, 1.54) is 0 Å². The van der Waals surface area contributed by atoms with E-state index < -0.39 is 6.10 Å². The quantitative estimate of drug-likeness (QED) is 0.520. The summed E-state index contributed by atoms with van der Waals surface area (Å²) in [7, 11) is 0. The number of hydrogen-bond donors (Lipinski definition) is 2. The Labute approximate surface area is 59.5 Å². The van der Waals surface area contributed by atoms with Gasteiger partial charge >= 0.3 is 0 Å². The highest BCUT2D eigenvalue weighted by molar-refractivity contribution is 5.79. The number of carbonyl (C=O) groups excluding carboxylic acids is 1. The van der Waals surface area contributed by atoms with Crippen molar-refractivity contribution in [2.24, 2.45) is 11.5 Å². The van der Waals surface area contributed by atoms with Crippen LogP contribution < -0.4 is 11.5 Å². The van der Waals surface area contributed by atoms with Crippen molar-refractivity contribution in [3.63, 3.8) is 0 Å². The van der Waals surface area contributed by atoms with Crippen molar-refractivity contribution in [2.45, 2.75) is 25.0 Å². The van der Waals surface area contributed by atoms with Crippen LogP contribution in [-0.2, 0) is 9.53 Å². The van der Waals surface area contributed by atoms with E-state index in [0.29, 0.717) is 6.54 Å². The average Bonchev–Trinajstić information content (AvgIpc) is 2.34. The van der Waals surface area contributed by atoms with Crippen LogP contribution >= 0.6 is 0 Å². The minimum atomic E-state index is -0.395. The molecule has 0 aromatic heterocycles. The molecule has 2 atom stereocenters. The number of ether oxygens (including phenoxy) is 1. The molecule has 4 heteroatoms. The van der Waals surface area contributed by atoms with Gasteiger partial charge in [-0.3, -0.25) is 4.79 Å². The third-order valence-corrected chi connectivity index (χ3v) is 1.69. The number of primary amides is 1. The Morgan fingerprint density at radius 3 is 2.60 bits per heavy atom. The molecule has 4 nitrogen and oxygen atoms in total. The molecule has 0 saturated carbocycles. The normalized spacial score (nSPS) is 32.5. The van der Waals surface area contributed by atoms with E-state index in [1.54, 1.807) is 0 Å². The van der Waals surface area contributed by atoms with Crippen molar-refractivity contribution in [1.29, 1.82) is 0 Å². The predicted octanol–water partition coefficient (Wildman–Crippen LogP) is -1.02. The first-order valence-corrected chi connectivity index (χ1v) is 3.39. The van der Waals surface area contributed by atoms with Crippen LogP contribution in [0.1, 0.15) is 12.8 Å². The fraction of sp³-hybridized carbons (Fsp3) is 0.833. The standard InChI is InChI=1S/C6H12N2O2/c7-3-4-1-2-5(10-4)6(8)9/h4-5H,1-3,7H2,(H2,8,9). The smallest absolute Gasteiger partial charge is 0.246 e. The molecule has 1 amide bonds. The molecular weight excluding hydrogens is 132 g/mol. The molecule has 0 aliphatic carbocycles. The number of hydrogen-bond acceptors (Lipinski definition) is 3. The second-order valence-corrected chi connectivity index (χ2v) is 2.46. The average molecular weight is 144 g/mol. The summed E-state index contributed by atoms with van der Waals surface area (Å²) in [6, 6.07) is 0. The van der Waals surface area contributed by atoms with Gasteiger partial charge in [0.1, 0.15) is 6.10 Å². The number of amides is 1. The molecule has 1 heterocycles. The SMILES string of the molecule is NCC1CCC(C(N)=O)O1. The summed E-state index contributed by atoms with van der Waals surface area (Å²) in [5.41, 5.74) is 10.3. The summed E-state index contributed by atoms with van der Waals surface area (Å²) in [6.07, 6.45) is 1.22. The van der Waals surface area contributed by atoms with Crippen molar-refractivity contribution in [3.05, 3.63) is 0 Å². The van der Waals surface area contributed by atoms with Crippen LogP contribution in [0.4, 0.5) is 0 Å². The topological polar surface area (TPSA) is 78.3 Å². The second-order valence-electron chi connectivity index (χ2n) is 2.46. The number of nitrogens with two attached hydrogens (primary N) is 2. The molecule has 4 N–H and O–H groups in total. The Hall–Kier alpha value is -0.610. The molecule has 0 bridgehead atoms. The third-order valence-electron chi connectivity index (χ3n) is 1.69. The van der Waals surface area contributed by atoms with Crippen LogP contribution in [0.5, 0.6) is 0 Å². The lowest BCUT2D eigenvalue weighted by atomic mass is 10.2. The fourth-order valence-corrected chi connectivity index (χ4v) is 1.09. The molecule has 1 fully saturated rings. The number of carbonyl (C=O) groups is 1. The maximum Gasteiger partial charge on any atom is 0.246 e. The van der Waals surface area contributed by atoms with Gasteiger partial charge in [-0.25, -0.2) is 0 Å². The van der Waals surface area contributed by atoms with Crippen molar-refractivity contribution in [3.8, 4) is 0 Å². The van der Waals surface area contributed by atoms with Gasteiger partial charge in [0.05, 0.1) is 6.10 Å². The zero-order chi connectivity index (χ0) is 7.56. The van der Waals surface area contributed by atoms with Gasteiger partial charge < -0.3 is 16.2 Å². The molecule has 1 aliphatic heterocycles. The van der Waals surface area contributed by atoms with Gasteiger partial charge in [0.15, 0.2) is 0 Å². The molecule has 0 aromatic rings. The molecule has 0 spiro atoms. The Balaban J connectivity index is 2.35. The molecule has 10 heavy (non-hydrogen) atoms. The van der Waals surface area contributed by atoms with E-state index in [9.17, 15) is 4.79 Å². The Morgan fingerprint density at radius 2 is 2.30 bits per heavy atom. The largest absolute Gasteiger partial charge is 0.367 e. The van der Waals surface area contributed by atoms with Gasteiger partial charge in [0.25, 0.3) is 0 Å². The van der Waals surface area contributed by atoms with E-state index in [-0.39, 0.29) is 12.0 Å². The summed E-state index contributed by atoms with van der Waals surface area (Å²) < 4.78 is 5.17. The second kappa shape index (κ2) is 2.98. The summed E-state index contributed by atoms with van der Waals surface area (Å²) in [5, 5.41) is 0. The highest BCUT2D eigenvalue weighted by atomic mass is 16.5. The van der Waals surface area contributed by atoms with E-state index >= 15 is 0 Å². The van der Waals surface area contributed by atoms with Gasteiger partial charge in [0.2, 0.25) is 5.91 Å². The fourth-order valence-electron chi connectivity index (χ4n) is 1.09. The lowest BCUT2D eigenvalue weighted by Crippen LogP contribution is -2.30. The van der Waals surface area contributed by atoms with Crippen LogP contribution in [0.25, 0.3) is 0 Å². The van der Waals surface area contributed by atoms with Crippen LogP contribution in [-0.4, -0.2) is 24.7 Å². The van der Waals surface area contributed by atoms with Crippen molar-refractivity contribution >= 4 is 5.91 Å². The van der Waals surface area contributed by atoms with E-state index in [4.69, 9.17) is 16.2 Å². The zero-order valence-corrected chi connectivity index (χ0v) is 5.75. The molecule has 0 radical (unpaired) electrons. The van der Waals surface area contributed by atoms with Crippen molar-refractivity contribution in [2.75, 3.05) is 6.54 Å². The van der Waals surface area contributed by atoms with Crippen LogP contribution in [0, 0.1) is 0 Å². The van der Waals surface area contributed by atoms with Crippen molar-refractivity contribution in [1.82, 2.24) is 0 Å². The lowest BCUT2D eigenvalue weighted by Gasteiger charge is -2.07. The summed E-state index contributed by atoms with van der Waals surface area (Å²) in [6.45, 7) is 0.476. The summed E-state index contributed by atoms with van der Waals surface area (Å²) in [5.74, 6) is -0.379.